The van der Waals surface area contributed by atoms with Crippen molar-refractivity contribution in [3.05, 3.63) is 0 Å². The molecule has 18 heavy (non-hydrogen) atoms. The minimum absolute atomic E-state index is 1.05. The van der Waals surface area contributed by atoms with Crippen LogP contribution in [0.15, 0.2) is 0 Å². The molecular formula is C18H38. The van der Waals surface area contributed by atoms with Crippen molar-refractivity contribution in [3.8, 4) is 0 Å². The summed E-state index contributed by atoms with van der Waals surface area (Å²) in [5.41, 5.74) is 0. The average molecular weight is 255 g/mol. The third kappa shape index (κ3) is 12.5. The Hall–Kier alpha value is 0. The average Bonchev–Trinajstić information content (AvgIpc) is 2.38. The van der Waals surface area contributed by atoms with Crippen molar-refractivity contribution in [1.29, 1.82) is 0 Å². The van der Waals surface area contributed by atoms with Crippen LogP contribution in [0, 0.1) is 5.92 Å². The van der Waals surface area contributed by atoms with E-state index in [4.69, 9.17) is 0 Å². The van der Waals surface area contributed by atoms with Gasteiger partial charge in [0.2, 0.25) is 0 Å². The van der Waals surface area contributed by atoms with Gasteiger partial charge in [-0.15, -0.1) is 0 Å². The van der Waals surface area contributed by atoms with Gasteiger partial charge in [-0.25, -0.2) is 0 Å². The number of hydrogen-bond donors (Lipinski definition) is 0. The first-order chi connectivity index (χ1) is 8.85. The van der Waals surface area contributed by atoms with Crippen molar-refractivity contribution in [1.82, 2.24) is 0 Å². The molecule has 0 heteroatoms. The number of rotatable bonds is 14. The second-order valence-electron chi connectivity index (χ2n) is 6.06. The van der Waals surface area contributed by atoms with E-state index >= 15 is 0 Å². The van der Waals surface area contributed by atoms with Crippen LogP contribution >= 0.6 is 0 Å². The van der Waals surface area contributed by atoms with Crippen LogP contribution in [0.2, 0.25) is 0 Å². The quantitative estimate of drug-likeness (QED) is 0.289. The van der Waals surface area contributed by atoms with Crippen LogP contribution in [0.4, 0.5) is 0 Å². The second kappa shape index (κ2) is 15.1. The highest BCUT2D eigenvalue weighted by Crippen LogP contribution is 2.23. The van der Waals surface area contributed by atoms with E-state index in [1.54, 1.807) is 0 Å². The van der Waals surface area contributed by atoms with Crippen LogP contribution in [-0.4, -0.2) is 0 Å². The van der Waals surface area contributed by atoms with E-state index in [2.05, 4.69) is 20.8 Å². The molecule has 0 fully saturated rings. The predicted octanol–water partition coefficient (Wildman–Crippen LogP) is 7.12. The fourth-order valence-electron chi connectivity index (χ4n) is 2.84. The summed E-state index contributed by atoms with van der Waals surface area (Å²) in [6.45, 7) is 6.94. The lowest BCUT2D eigenvalue weighted by molar-refractivity contribution is 0.370. The zero-order valence-corrected chi connectivity index (χ0v) is 13.5. The molecule has 0 unspecified atom stereocenters. The molecule has 0 radical (unpaired) electrons. The number of unbranched alkanes of at least 4 members (excludes halogenated alkanes) is 8. The van der Waals surface area contributed by atoms with Gasteiger partial charge in [-0.05, 0) is 5.92 Å². The molecule has 0 atom stereocenters. The Labute approximate surface area is 117 Å². The molecule has 0 aliphatic heterocycles. The summed E-state index contributed by atoms with van der Waals surface area (Å²) in [5, 5.41) is 0. The lowest BCUT2D eigenvalue weighted by atomic mass is 9.90. The smallest absolute Gasteiger partial charge is 0.0414 e. The highest BCUT2D eigenvalue weighted by Gasteiger charge is 2.07. The Kier molecular flexibility index (Phi) is 15.1. The lowest BCUT2D eigenvalue weighted by Gasteiger charge is -2.16. The highest BCUT2D eigenvalue weighted by molar-refractivity contribution is 4.61. The number of hydrogen-bond acceptors (Lipinski definition) is 0. The third-order valence-corrected chi connectivity index (χ3v) is 4.15. The Morgan fingerprint density at radius 1 is 0.444 bits per heavy atom. The van der Waals surface area contributed by atoms with Gasteiger partial charge in [-0.3, -0.25) is 0 Å². The van der Waals surface area contributed by atoms with Gasteiger partial charge in [0.15, 0.2) is 0 Å². The van der Waals surface area contributed by atoms with Crippen LogP contribution in [0.1, 0.15) is 111 Å². The van der Waals surface area contributed by atoms with Crippen LogP contribution in [0.3, 0.4) is 0 Å². The molecule has 0 bridgehead atoms. The Bertz CT molecular complexity index is 129. The van der Waals surface area contributed by atoms with E-state index < -0.39 is 0 Å². The van der Waals surface area contributed by atoms with Crippen LogP contribution in [0.5, 0.6) is 0 Å². The maximum Gasteiger partial charge on any atom is -0.0414 e. The molecule has 0 rings (SSSR count). The molecule has 110 valence electrons. The zero-order valence-electron chi connectivity index (χ0n) is 13.5. The Morgan fingerprint density at radius 2 is 0.778 bits per heavy atom. The molecular weight excluding hydrogens is 216 g/mol. The summed E-state index contributed by atoms with van der Waals surface area (Å²) in [6, 6.07) is 0. The molecule has 0 saturated heterocycles. The van der Waals surface area contributed by atoms with Gasteiger partial charge in [-0.2, -0.15) is 0 Å². The summed E-state index contributed by atoms with van der Waals surface area (Å²) in [4.78, 5) is 0. The molecule has 0 aliphatic carbocycles. The molecule has 0 amide bonds. The summed E-state index contributed by atoms with van der Waals surface area (Å²) in [6.07, 6.45) is 20.4. The van der Waals surface area contributed by atoms with Gasteiger partial charge in [0, 0.05) is 0 Å². The minimum atomic E-state index is 1.05. The van der Waals surface area contributed by atoms with Crippen molar-refractivity contribution < 1.29 is 0 Å². The summed E-state index contributed by atoms with van der Waals surface area (Å²) in [7, 11) is 0. The van der Waals surface area contributed by atoms with E-state index in [0.29, 0.717) is 0 Å². The SMILES string of the molecule is CCCCCCCC(CCCCC)CCCCC. The molecule has 0 aromatic heterocycles. The molecule has 0 spiro atoms. The highest BCUT2D eigenvalue weighted by atomic mass is 14.1. The predicted molar refractivity (Wildman–Crippen MR) is 85.2 cm³/mol. The van der Waals surface area contributed by atoms with E-state index in [0.717, 1.165) is 5.92 Å². The largest absolute Gasteiger partial charge is 0.0654 e. The molecule has 0 N–H and O–H groups in total. The van der Waals surface area contributed by atoms with E-state index in [1.807, 2.05) is 0 Å². The van der Waals surface area contributed by atoms with E-state index in [9.17, 15) is 0 Å². The molecule has 0 aliphatic rings. The maximum atomic E-state index is 2.32. The van der Waals surface area contributed by atoms with Gasteiger partial charge in [-0.1, -0.05) is 111 Å². The topological polar surface area (TPSA) is 0 Å². The molecule has 0 saturated carbocycles. The first kappa shape index (κ1) is 18.0. The second-order valence-corrected chi connectivity index (χ2v) is 6.06. The molecule has 0 nitrogen and oxygen atoms in total. The van der Waals surface area contributed by atoms with Crippen LogP contribution < -0.4 is 0 Å². The van der Waals surface area contributed by atoms with Crippen molar-refractivity contribution >= 4 is 0 Å². The van der Waals surface area contributed by atoms with Crippen LogP contribution in [0.25, 0.3) is 0 Å². The van der Waals surface area contributed by atoms with Gasteiger partial charge >= 0.3 is 0 Å². The monoisotopic (exact) mass is 254 g/mol. The summed E-state index contributed by atoms with van der Waals surface area (Å²) < 4.78 is 0. The van der Waals surface area contributed by atoms with E-state index in [1.165, 1.54) is 89.9 Å². The van der Waals surface area contributed by atoms with Crippen molar-refractivity contribution in [3.63, 3.8) is 0 Å². The summed E-state index contributed by atoms with van der Waals surface area (Å²) in [5.74, 6) is 1.05. The van der Waals surface area contributed by atoms with Gasteiger partial charge in [0.25, 0.3) is 0 Å². The van der Waals surface area contributed by atoms with Crippen molar-refractivity contribution in [2.24, 2.45) is 5.92 Å². The standard InChI is InChI=1S/C18H38/c1-4-7-10-11-14-17-18(15-12-8-5-2)16-13-9-6-3/h18H,4-17H2,1-3H3. The van der Waals surface area contributed by atoms with E-state index in [-0.39, 0.29) is 0 Å². The maximum absolute atomic E-state index is 2.32. The fraction of sp³-hybridized carbons (Fsp3) is 1.00. The third-order valence-electron chi connectivity index (χ3n) is 4.15. The lowest BCUT2D eigenvalue weighted by Crippen LogP contribution is -2.01. The molecule has 0 aromatic rings. The molecule has 0 aromatic carbocycles. The zero-order chi connectivity index (χ0) is 13.5. The fourth-order valence-corrected chi connectivity index (χ4v) is 2.84. The Balaban J connectivity index is 3.60. The molecule has 0 heterocycles. The van der Waals surface area contributed by atoms with Gasteiger partial charge < -0.3 is 0 Å². The van der Waals surface area contributed by atoms with Crippen molar-refractivity contribution in [2.75, 3.05) is 0 Å². The first-order valence-electron chi connectivity index (χ1n) is 8.85. The Morgan fingerprint density at radius 3 is 1.22 bits per heavy atom. The normalized spacial score (nSPS) is 11.3. The van der Waals surface area contributed by atoms with Crippen LogP contribution in [-0.2, 0) is 0 Å². The summed E-state index contributed by atoms with van der Waals surface area (Å²) >= 11 is 0. The first-order valence-corrected chi connectivity index (χ1v) is 8.85. The van der Waals surface area contributed by atoms with Gasteiger partial charge in [0.05, 0.1) is 0 Å². The van der Waals surface area contributed by atoms with Crippen molar-refractivity contribution in [2.45, 2.75) is 111 Å². The van der Waals surface area contributed by atoms with Gasteiger partial charge in [0.1, 0.15) is 0 Å². The minimum Gasteiger partial charge on any atom is -0.0654 e.